The van der Waals surface area contributed by atoms with Crippen LogP contribution < -0.4 is 0 Å². The van der Waals surface area contributed by atoms with E-state index in [1.165, 1.54) is 8.61 Å². The molecule has 0 radical (unpaired) electrons. The van der Waals surface area contributed by atoms with Gasteiger partial charge in [0.15, 0.2) is 0 Å². The molecule has 2 atom stereocenters. The topological polar surface area (TPSA) is 73.3 Å². The van der Waals surface area contributed by atoms with Crippen LogP contribution in [0.5, 0.6) is 0 Å². The summed E-state index contributed by atoms with van der Waals surface area (Å²) in [6, 6.07) is 0.0123. The molecule has 0 aromatic heterocycles. The van der Waals surface area contributed by atoms with E-state index >= 15 is 0 Å². The number of likely N-dealkylation sites (N-methyl/N-ethyl adjacent to an activating group) is 1. The molecule has 1 spiro atoms. The largest absolute Gasteiger partial charge is 0.386 e. The third kappa shape index (κ3) is 3.32. The summed E-state index contributed by atoms with van der Waals surface area (Å²) in [6.07, 6.45) is 2.06. The highest BCUT2D eigenvalue weighted by atomic mass is 32.2. The molecule has 2 rings (SSSR count). The molecule has 2 aliphatic heterocycles. The van der Waals surface area contributed by atoms with Crippen LogP contribution >= 0.6 is 0 Å². The molecule has 130 valence electrons. The van der Waals surface area contributed by atoms with Gasteiger partial charge in [-0.05, 0) is 40.3 Å². The lowest BCUT2D eigenvalue weighted by Crippen LogP contribution is -2.63. The third-order valence-corrected chi connectivity index (χ3v) is 6.94. The van der Waals surface area contributed by atoms with Crippen molar-refractivity contribution in [2.45, 2.75) is 43.4 Å². The Kier molecular flexibility index (Phi) is 4.93. The predicted molar refractivity (Wildman–Crippen MR) is 84.8 cm³/mol. The molecular weight excluding hydrogens is 306 g/mol. The second-order valence-corrected chi connectivity index (χ2v) is 9.34. The van der Waals surface area contributed by atoms with E-state index in [1.54, 1.807) is 21.0 Å². The van der Waals surface area contributed by atoms with Crippen LogP contribution in [0.15, 0.2) is 0 Å². The van der Waals surface area contributed by atoms with E-state index < -0.39 is 15.8 Å². The molecule has 8 heteroatoms. The van der Waals surface area contributed by atoms with Crippen molar-refractivity contribution in [3.8, 4) is 0 Å². The molecule has 2 saturated heterocycles. The summed E-state index contributed by atoms with van der Waals surface area (Å²) in [5, 5.41) is 10.5. The van der Waals surface area contributed by atoms with Gasteiger partial charge in [-0.25, -0.2) is 0 Å². The minimum absolute atomic E-state index is 0.0123. The average Bonchev–Trinajstić information content (AvgIpc) is 2.42. The van der Waals surface area contributed by atoms with Crippen molar-refractivity contribution >= 4 is 10.2 Å². The Morgan fingerprint density at radius 3 is 2.18 bits per heavy atom. The van der Waals surface area contributed by atoms with Gasteiger partial charge in [0, 0.05) is 33.2 Å². The van der Waals surface area contributed by atoms with Gasteiger partial charge < -0.3 is 14.7 Å². The van der Waals surface area contributed by atoms with E-state index in [1.807, 2.05) is 19.0 Å². The minimum atomic E-state index is -3.36. The molecule has 0 amide bonds. The van der Waals surface area contributed by atoms with E-state index in [4.69, 9.17) is 4.74 Å². The molecule has 0 aliphatic carbocycles. The Bertz CT molecular complexity index is 496. The van der Waals surface area contributed by atoms with Crippen LogP contribution in [0.2, 0.25) is 0 Å². The highest BCUT2D eigenvalue weighted by molar-refractivity contribution is 7.86. The average molecular weight is 335 g/mol. The summed E-state index contributed by atoms with van der Waals surface area (Å²) in [7, 11) is 3.67. The Balaban J connectivity index is 2.07. The Morgan fingerprint density at radius 2 is 1.73 bits per heavy atom. The highest BCUT2D eigenvalue weighted by Gasteiger charge is 2.50. The Hall–Kier alpha value is -0.250. The summed E-state index contributed by atoms with van der Waals surface area (Å²) in [5.41, 5.74) is -1.20. The van der Waals surface area contributed by atoms with Gasteiger partial charge in [-0.2, -0.15) is 17.0 Å². The van der Waals surface area contributed by atoms with Crippen LogP contribution in [0.1, 0.15) is 26.2 Å². The van der Waals surface area contributed by atoms with Crippen LogP contribution in [0, 0.1) is 0 Å². The van der Waals surface area contributed by atoms with Crippen LogP contribution in [0.3, 0.4) is 0 Å². The first-order valence-corrected chi connectivity index (χ1v) is 9.10. The normalized spacial score (nSPS) is 33.7. The molecule has 0 aromatic carbocycles. The number of aliphatic hydroxyl groups is 1. The number of piperidine rings is 1. The third-order valence-electron chi connectivity index (χ3n) is 5.00. The number of hydrogen-bond donors (Lipinski definition) is 1. The zero-order chi connectivity index (χ0) is 16.8. The molecule has 0 saturated carbocycles. The van der Waals surface area contributed by atoms with Gasteiger partial charge in [0.2, 0.25) is 0 Å². The lowest BCUT2D eigenvalue weighted by atomic mass is 9.77. The summed E-state index contributed by atoms with van der Waals surface area (Å²) >= 11 is 0. The molecule has 1 N–H and O–H groups in total. The van der Waals surface area contributed by atoms with Gasteiger partial charge in [-0.15, -0.1) is 0 Å². The van der Waals surface area contributed by atoms with E-state index in [0.29, 0.717) is 25.9 Å². The lowest BCUT2D eigenvalue weighted by molar-refractivity contribution is -0.204. The number of nitrogens with zero attached hydrogens (tertiary/aromatic N) is 3. The smallest absolute Gasteiger partial charge is 0.281 e. The maximum Gasteiger partial charge on any atom is 0.281 e. The van der Waals surface area contributed by atoms with Gasteiger partial charge in [0.05, 0.1) is 12.2 Å². The molecule has 7 nitrogen and oxygen atoms in total. The van der Waals surface area contributed by atoms with Gasteiger partial charge >= 0.3 is 0 Å². The first kappa shape index (κ1) is 18.1. The Labute approximate surface area is 134 Å². The second kappa shape index (κ2) is 5.99. The molecule has 2 heterocycles. The maximum absolute atomic E-state index is 12.2. The van der Waals surface area contributed by atoms with Crippen LogP contribution in [0.4, 0.5) is 0 Å². The van der Waals surface area contributed by atoms with E-state index in [9.17, 15) is 13.5 Å². The fourth-order valence-electron chi connectivity index (χ4n) is 3.47. The zero-order valence-corrected chi connectivity index (χ0v) is 15.1. The summed E-state index contributed by atoms with van der Waals surface area (Å²) in [5.74, 6) is 0. The Morgan fingerprint density at radius 1 is 1.18 bits per heavy atom. The second-order valence-electron chi connectivity index (χ2n) is 7.20. The lowest BCUT2D eigenvalue weighted by Gasteiger charge is -2.52. The van der Waals surface area contributed by atoms with Crippen molar-refractivity contribution in [3.05, 3.63) is 0 Å². The van der Waals surface area contributed by atoms with Crippen molar-refractivity contribution in [2.75, 3.05) is 47.9 Å². The highest BCUT2D eigenvalue weighted by Crippen LogP contribution is 2.40. The van der Waals surface area contributed by atoms with Crippen molar-refractivity contribution in [1.29, 1.82) is 0 Å². The zero-order valence-electron chi connectivity index (χ0n) is 14.2. The van der Waals surface area contributed by atoms with Crippen LogP contribution in [-0.4, -0.2) is 92.2 Å². The van der Waals surface area contributed by atoms with Crippen molar-refractivity contribution in [1.82, 2.24) is 13.5 Å². The SMILES string of the molecule is CN(C)[C@H]1CC2(CCN(S(=O)(=O)N(C)C)CC2)OC[C@]1(C)O. The first-order valence-electron chi connectivity index (χ1n) is 7.71. The molecule has 2 fully saturated rings. The van der Waals surface area contributed by atoms with Gasteiger partial charge in [0.25, 0.3) is 10.2 Å². The molecule has 0 unspecified atom stereocenters. The van der Waals surface area contributed by atoms with E-state index in [0.717, 1.165) is 6.42 Å². The minimum Gasteiger partial charge on any atom is -0.386 e. The molecule has 0 aromatic rings. The molecule has 0 bridgehead atoms. The van der Waals surface area contributed by atoms with Crippen molar-refractivity contribution in [2.24, 2.45) is 0 Å². The van der Waals surface area contributed by atoms with Crippen molar-refractivity contribution < 1.29 is 18.3 Å². The van der Waals surface area contributed by atoms with Crippen molar-refractivity contribution in [3.63, 3.8) is 0 Å². The summed E-state index contributed by atoms with van der Waals surface area (Å²) < 4.78 is 33.2. The van der Waals surface area contributed by atoms with Crippen LogP contribution in [0.25, 0.3) is 0 Å². The maximum atomic E-state index is 12.2. The molecule has 2 aliphatic rings. The monoisotopic (exact) mass is 335 g/mol. The molecular formula is C14H29N3O4S. The first-order chi connectivity index (χ1) is 10.0. The standard InChI is InChI=1S/C14H29N3O4S/c1-13(18)11-21-14(10-12(13)15(2)3)6-8-17(9-7-14)22(19,20)16(4)5/h12,18H,6-11H2,1-5H3/t12-,13-/m0/s1. The number of rotatable bonds is 3. The van der Waals surface area contributed by atoms with Gasteiger partial charge in [-0.1, -0.05) is 0 Å². The predicted octanol–water partition coefficient (Wildman–Crippen LogP) is -0.271. The summed E-state index contributed by atoms with van der Waals surface area (Å²) in [6.45, 7) is 3.01. The van der Waals surface area contributed by atoms with E-state index in [-0.39, 0.29) is 18.2 Å². The summed E-state index contributed by atoms with van der Waals surface area (Å²) in [4.78, 5) is 2.03. The van der Waals surface area contributed by atoms with E-state index in [2.05, 4.69) is 0 Å². The van der Waals surface area contributed by atoms with Gasteiger partial charge in [0.1, 0.15) is 5.60 Å². The van der Waals surface area contributed by atoms with Crippen LogP contribution in [-0.2, 0) is 14.9 Å². The number of ether oxygens (including phenoxy) is 1. The fraction of sp³-hybridized carbons (Fsp3) is 1.00. The molecule has 22 heavy (non-hydrogen) atoms. The van der Waals surface area contributed by atoms with Gasteiger partial charge in [-0.3, -0.25) is 0 Å². The number of hydrogen-bond acceptors (Lipinski definition) is 5. The quantitative estimate of drug-likeness (QED) is 0.768. The fourth-order valence-corrected chi connectivity index (χ4v) is 4.58.